The Balaban J connectivity index is 1.73. The Labute approximate surface area is 177 Å². The molecule has 0 aromatic heterocycles. The van der Waals surface area contributed by atoms with Gasteiger partial charge in [-0.2, -0.15) is 0 Å². The van der Waals surface area contributed by atoms with Crippen LogP contribution < -0.4 is 10.1 Å². The van der Waals surface area contributed by atoms with E-state index in [0.717, 1.165) is 56.7 Å². The van der Waals surface area contributed by atoms with E-state index in [-0.39, 0.29) is 5.91 Å². The van der Waals surface area contributed by atoms with Gasteiger partial charge in [0.2, 0.25) is 0 Å². The third-order valence-electron chi connectivity index (χ3n) is 5.89. The van der Waals surface area contributed by atoms with E-state index in [4.69, 9.17) is 9.47 Å². The van der Waals surface area contributed by atoms with Crippen molar-refractivity contribution >= 4 is 11.6 Å². The highest BCUT2D eigenvalue weighted by atomic mass is 16.5. The zero-order chi connectivity index (χ0) is 21.0. The van der Waals surface area contributed by atoms with Crippen LogP contribution in [-0.4, -0.2) is 49.8 Å². The zero-order valence-electron chi connectivity index (χ0n) is 18.7. The first kappa shape index (κ1) is 23.7. The van der Waals surface area contributed by atoms with Crippen molar-refractivity contribution in [2.75, 3.05) is 38.7 Å². The van der Waals surface area contributed by atoms with Crippen LogP contribution in [0.15, 0.2) is 24.3 Å². The maximum absolute atomic E-state index is 12.7. The molecule has 1 amide bonds. The van der Waals surface area contributed by atoms with Crippen LogP contribution in [0, 0.1) is 0 Å². The predicted molar refractivity (Wildman–Crippen MR) is 120 cm³/mol. The molecule has 0 spiro atoms. The first-order valence-corrected chi connectivity index (χ1v) is 11.4. The minimum absolute atomic E-state index is 0.0952. The van der Waals surface area contributed by atoms with Crippen molar-refractivity contribution in [1.29, 1.82) is 0 Å². The standard InChI is InChI=1S/C24H40N2O3/c1-4-5-8-16-24(2,28-3)23(27)25-21-12-14-22(15-13-21)29-20-11-19-26-17-9-6-7-10-18-26/h12-15H,4-11,16-20H2,1-3H3,(H,25,27). The van der Waals surface area contributed by atoms with Crippen molar-refractivity contribution in [2.45, 2.75) is 77.2 Å². The Morgan fingerprint density at radius 3 is 2.38 bits per heavy atom. The number of benzene rings is 1. The maximum atomic E-state index is 12.7. The molecule has 1 heterocycles. The predicted octanol–water partition coefficient (Wildman–Crippen LogP) is 5.26. The number of carbonyl (C=O) groups is 1. The van der Waals surface area contributed by atoms with Crippen LogP contribution in [0.5, 0.6) is 5.75 Å². The van der Waals surface area contributed by atoms with Gasteiger partial charge in [0.05, 0.1) is 6.61 Å². The lowest BCUT2D eigenvalue weighted by atomic mass is 9.97. The number of nitrogens with one attached hydrogen (secondary N) is 1. The van der Waals surface area contributed by atoms with Crippen molar-refractivity contribution in [1.82, 2.24) is 4.90 Å². The van der Waals surface area contributed by atoms with Crippen LogP contribution in [0.2, 0.25) is 0 Å². The molecule has 29 heavy (non-hydrogen) atoms. The number of hydrogen-bond donors (Lipinski definition) is 1. The van der Waals surface area contributed by atoms with Crippen LogP contribution in [0.1, 0.15) is 71.6 Å². The second kappa shape index (κ2) is 12.9. The quantitative estimate of drug-likeness (QED) is 0.483. The average molecular weight is 405 g/mol. The molecule has 0 bridgehead atoms. The fourth-order valence-electron chi connectivity index (χ4n) is 3.76. The van der Waals surface area contributed by atoms with Gasteiger partial charge in [0, 0.05) is 19.3 Å². The number of nitrogens with zero attached hydrogens (tertiary/aromatic N) is 1. The van der Waals surface area contributed by atoms with Crippen molar-refractivity contribution in [3.05, 3.63) is 24.3 Å². The zero-order valence-corrected chi connectivity index (χ0v) is 18.7. The van der Waals surface area contributed by atoms with Gasteiger partial charge in [-0.05, 0) is 70.0 Å². The molecule has 5 nitrogen and oxygen atoms in total. The van der Waals surface area contributed by atoms with Gasteiger partial charge >= 0.3 is 0 Å². The first-order chi connectivity index (χ1) is 14.1. The van der Waals surface area contributed by atoms with Crippen molar-refractivity contribution in [2.24, 2.45) is 0 Å². The molecule has 164 valence electrons. The molecule has 1 aromatic carbocycles. The summed E-state index contributed by atoms with van der Waals surface area (Å²) < 4.78 is 11.4. The minimum Gasteiger partial charge on any atom is -0.494 e. The molecule has 0 radical (unpaired) electrons. The molecule has 2 rings (SSSR count). The average Bonchev–Trinajstić information content (AvgIpc) is 3.01. The minimum atomic E-state index is -0.794. The summed E-state index contributed by atoms with van der Waals surface area (Å²) in [7, 11) is 1.61. The van der Waals surface area contributed by atoms with Crippen LogP contribution in [0.25, 0.3) is 0 Å². The van der Waals surface area contributed by atoms with Gasteiger partial charge in [0.15, 0.2) is 0 Å². The number of likely N-dealkylation sites (tertiary alicyclic amines) is 1. The molecule has 1 aliphatic rings. The molecular weight excluding hydrogens is 364 g/mol. The molecule has 1 aromatic rings. The molecular formula is C24H40N2O3. The van der Waals surface area contributed by atoms with Gasteiger partial charge in [-0.3, -0.25) is 4.79 Å². The summed E-state index contributed by atoms with van der Waals surface area (Å²) >= 11 is 0. The van der Waals surface area contributed by atoms with E-state index < -0.39 is 5.60 Å². The number of hydrogen-bond acceptors (Lipinski definition) is 4. The largest absolute Gasteiger partial charge is 0.494 e. The number of methoxy groups -OCH3 is 1. The fourth-order valence-corrected chi connectivity index (χ4v) is 3.76. The molecule has 5 heteroatoms. The Kier molecular flexibility index (Phi) is 10.5. The topological polar surface area (TPSA) is 50.8 Å². The molecule has 1 unspecified atom stereocenters. The number of amides is 1. The summed E-state index contributed by atoms with van der Waals surface area (Å²) in [6.45, 7) is 8.31. The number of rotatable bonds is 12. The van der Waals surface area contributed by atoms with E-state index in [1.54, 1.807) is 7.11 Å². The summed E-state index contributed by atoms with van der Waals surface area (Å²) in [4.78, 5) is 15.2. The highest BCUT2D eigenvalue weighted by molar-refractivity contribution is 5.97. The fraction of sp³-hybridized carbons (Fsp3) is 0.708. The van der Waals surface area contributed by atoms with E-state index in [1.165, 1.54) is 38.8 Å². The summed E-state index contributed by atoms with van der Waals surface area (Å²) in [6.07, 6.45) is 10.4. The van der Waals surface area contributed by atoms with Gasteiger partial charge in [-0.1, -0.05) is 39.0 Å². The third-order valence-corrected chi connectivity index (χ3v) is 5.89. The van der Waals surface area contributed by atoms with Gasteiger partial charge in [-0.25, -0.2) is 0 Å². The molecule has 0 saturated carbocycles. The Morgan fingerprint density at radius 1 is 1.07 bits per heavy atom. The summed E-state index contributed by atoms with van der Waals surface area (Å²) in [5.74, 6) is 0.749. The van der Waals surface area contributed by atoms with Gasteiger partial charge in [0.25, 0.3) is 5.91 Å². The van der Waals surface area contributed by atoms with Crippen LogP contribution >= 0.6 is 0 Å². The molecule has 1 atom stereocenters. The third kappa shape index (κ3) is 8.35. The Bertz CT molecular complexity index is 582. The van der Waals surface area contributed by atoms with Crippen LogP contribution in [0.4, 0.5) is 5.69 Å². The summed E-state index contributed by atoms with van der Waals surface area (Å²) in [6, 6.07) is 7.62. The molecule has 0 aliphatic carbocycles. The number of anilines is 1. The number of carbonyl (C=O) groups excluding carboxylic acids is 1. The normalized spacial score (nSPS) is 17.3. The second-order valence-electron chi connectivity index (χ2n) is 8.33. The van der Waals surface area contributed by atoms with E-state index in [0.29, 0.717) is 0 Å². The molecule has 1 saturated heterocycles. The highest BCUT2D eigenvalue weighted by Gasteiger charge is 2.32. The summed E-state index contributed by atoms with van der Waals surface area (Å²) in [5, 5.41) is 2.98. The van der Waals surface area contributed by atoms with Crippen LogP contribution in [-0.2, 0) is 9.53 Å². The molecule has 1 fully saturated rings. The van der Waals surface area contributed by atoms with E-state index in [1.807, 2.05) is 31.2 Å². The monoisotopic (exact) mass is 404 g/mol. The number of ether oxygens (including phenoxy) is 2. The molecule has 1 aliphatic heterocycles. The summed E-state index contributed by atoms with van der Waals surface area (Å²) in [5.41, 5.74) is -0.0248. The lowest BCUT2D eigenvalue weighted by molar-refractivity contribution is -0.136. The van der Waals surface area contributed by atoms with E-state index in [9.17, 15) is 4.79 Å². The van der Waals surface area contributed by atoms with Crippen molar-refractivity contribution < 1.29 is 14.3 Å². The SMILES string of the molecule is CCCCCC(C)(OC)C(=O)Nc1ccc(OCCCN2CCCCCC2)cc1. The van der Waals surface area contributed by atoms with E-state index >= 15 is 0 Å². The maximum Gasteiger partial charge on any atom is 0.256 e. The smallest absolute Gasteiger partial charge is 0.256 e. The van der Waals surface area contributed by atoms with Crippen molar-refractivity contribution in [3.63, 3.8) is 0 Å². The van der Waals surface area contributed by atoms with Gasteiger partial charge in [0.1, 0.15) is 11.4 Å². The lowest BCUT2D eigenvalue weighted by Crippen LogP contribution is -2.41. The molecule has 1 N–H and O–H groups in total. The lowest BCUT2D eigenvalue weighted by Gasteiger charge is -2.27. The first-order valence-electron chi connectivity index (χ1n) is 11.4. The van der Waals surface area contributed by atoms with E-state index in [2.05, 4.69) is 17.1 Å². The van der Waals surface area contributed by atoms with Crippen molar-refractivity contribution in [3.8, 4) is 5.75 Å². The van der Waals surface area contributed by atoms with Gasteiger partial charge in [-0.15, -0.1) is 0 Å². The second-order valence-corrected chi connectivity index (χ2v) is 8.33. The highest BCUT2D eigenvalue weighted by Crippen LogP contribution is 2.22. The van der Waals surface area contributed by atoms with Gasteiger partial charge < -0.3 is 19.7 Å². The Morgan fingerprint density at radius 2 is 1.76 bits per heavy atom. The Hall–Kier alpha value is -1.59. The van der Waals surface area contributed by atoms with Crippen LogP contribution in [0.3, 0.4) is 0 Å². The number of unbranched alkanes of at least 4 members (excludes halogenated alkanes) is 2.